The quantitative estimate of drug-likeness (QED) is 0.738. The third-order valence-corrected chi connectivity index (χ3v) is 6.52. The molecule has 30 heavy (non-hydrogen) atoms. The van der Waals surface area contributed by atoms with Crippen molar-refractivity contribution in [2.45, 2.75) is 44.2 Å². The van der Waals surface area contributed by atoms with Crippen molar-refractivity contribution in [1.29, 1.82) is 0 Å². The lowest BCUT2D eigenvalue weighted by atomic mass is 9.81. The predicted octanol–water partition coefficient (Wildman–Crippen LogP) is 4.13. The number of methoxy groups -OCH3 is 1. The van der Waals surface area contributed by atoms with Crippen molar-refractivity contribution in [3.8, 4) is 5.75 Å². The van der Waals surface area contributed by atoms with E-state index in [0.717, 1.165) is 54.9 Å². The Morgan fingerprint density at radius 1 is 1.17 bits per heavy atom. The lowest BCUT2D eigenvalue weighted by Gasteiger charge is -2.44. The number of likely N-dealkylation sites (tertiary alicyclic amines) is 1. The fraction of sp³-hybridized carbons (Fsp3) is 0.458. The Morgan fingerprint density at radius 2 is 1.93 bits per heavy atom. The number of hydrogen-bond donors (Lipinski definition) is 0. The lowest BCUT2D eigenvalue weighted by Crippen LogP contribution is -2.48. The molecule has 0 bridgehead atoms. The van der Waals surface area contributed by atoms with Crippen LogP contribution >= 0.6 is 0 Å². The summed E-state index contributed by atoms with van der Waals surface area (Å²) in [5, 5.41) is 0. The van der Waals surface area contributed by atoms with Gasteiger partial charge in [-0.3, -0.25) is 9.69 Å². The van der Waals surface area contributed by atoms with Gasteiger partial charge in [-0.1, -0.05) is 18.2 Å². The summed E-state index contributed by atoms with van der Waals surface area (Å²) in [6.07, 6.45) is 4.28. The molecule has 0 N–H and O–H groups in total. The molecule has 0 radical (unpaired) electrons. The second kappa shape index (κ2) is 8.72. The first-order valence-corrected chi connectivity index (χ1v) is 10.6. The highest BCUT2D eigenvalue weighted by Crippen LogP contribution is 2.41. The molecule has 6 heteroatoms. The summed E-state index contributed by atoms with van der Waals surface area (Å²) in [6, 6.07) is 9.83. The van der Waals surface area contributed by atoms with Gasteiger partial charge in [0.05, 0.1) is 19.6 Å². The summed E-state index contributed by atoms with van der Waals surface area (Å²) in [5.41, 5.74) is 2.76. The van der Waals surface area contributed by atoms with Crippen molar-refractivity contribution >= 4 is 5.91 Å². The van der Waals surface area contributed by atoms with Gasteiger partial charge < -0.3 is 9.64 Å². The smallest absolute Gasteiger partial charge is 0.227 e. The van der Waals surface area contributed by atoms with Crippen molar-refractivity contribution in [2.24, 2.45) is 0 Å². The lowest BCUT2D eigenvalue weighted by molar-refractivity contribution is -0.133. The van der Waals surface area contributed by atoms with Crippen LogP contribution in [0.3, 0.4) is 0 Å². The summed E-state index contributed by atoms with van der Waals surface area (Å²) < 4.78 is 32.5. The highest BCUT2D eigenvalue weighted by molar-refractivity contribution is 5.79. The van der Waals surface area contributed by atoms with E-state index in [4.69, 9.17) is 4.74 Å². The van der Waals surface area contributed by atoms with Gasteiger partial charge in [0.25, 0.3) is 0 Å². The molecule has 160 valence electrons. The van der Waals surface area contributed by atoms with Gasteiger partial charge in [-0.25, -0.2) is 8.78 Å². The highest BCUT2D eigenvalue weighted by atomic mass is 19.2. The average molecular weight is 414 g/mol. The zero-order valence-electron chi connectivity index (χ0n) is 17.5. The minimum Gasteiger partial charge on any atom is -0.496 e. The van der Waals surface area contributed by atoms with Gasteiger partial charge in [0, 0.05) is 13.1 Å². The molecule has 4 nitrogen and oxygen atoms in total. The molecule has 1 amide bonds. The van der Waals surface area contributed by atoms with Crippen LogP contribution in [0.4, 0.5) is 8.78 Å². The number of nitrogens with zero attached hydrogens (tertiary/aromatic N) is 2. The van der Waals surface area contributed by atoms with Gasteiger partial charge >= 0.3 is 0 Å². The molecule has 2 atom stereocenters. The van der Waals surface area contributed by atoms with Gasteiger partial charge in [0.1, 0.15) is 5.75 Å². The number of fused-ring (bicyclic) bond motifs is 1. The van der Waals surface area contributed by atoms with Gasteiger partial charge in [0.2, 0.25) is 5.91 Å². The molecular formula is C24H28F2N2O2. The van der Waals surface area contributed by atoms with E-state index in [1.165, 1.54) is 18.9 Å². The normalized spacial score (nSPS) is 21.3. The van der Waals surface area contributed by atoms with E-state index >= 15 is 0 Å². The first kappa shape index (κ1) is 20.8. The molecule has 2 aromatic carbocycles. The number of ether oxygens (including phenoxy) is 1. The molecular weight excluding hydrogens is 386 g/mol. The van der Waals surface area contributed by atoms with Crippen molar-refractivity contribution in [3.63, 3.8) is 0 Å². The first-order valence-electron chi connectivity index (χ1n) is 10.6. The van der Waals surface area contributed by atoms with Crippen LogP contribution in [-0.4, -0.2) is 49.0 Å². The molecule has 0 saturated carbocycles. The maximum atomic E-state index is 13.6. The summed E-state index contributed by atoms with van der Waals surface area (Å²) in [5.74, 6) is -1.07. The van der Waals surface area contributed by atoms with Crippen LogP contribution in [-0.2, 0) is 17.6 Å². The molecule has 0 unspecified atom stereocenters. The van der Waals surface area contributed by atoms with Gasteiger partial charge in [-0.05, 0) is 73.7 Å². The Kier molecular flexibility index (Phi) is 6.04. The summed E-state index contributed by atoms with van der Waals surface area (Å²) >= 11 is 0. The number of benzene rings is 2. The molecule has 1 aliphatic carbocycles. The van der Waals surface area contributed by atoms with Crippen LogP contribution in [0.2, 0.25) is 0 Å². The first-order chi connectivity index (χ1) is 14.5. The third kappa shape index (κ3) is 3.93. The van der Waals surface area contributed by atoms with Crippen molar-refractivity contribution in [2.75, 3.05) is 27.2 Å². The van der Waals surface area contributed by atoms with E-state index in [1.54, 1.807) is 12.0 Å². The van der Waals surface area contributed by atoms with E-state index in [2.05, 4.69) is 11.0 Å². The minimum absolute atomic E-state index is 0.0379. The van der Waals surface area contributed by atoms with E-state index < -0.39 is 11.6 Å². The van der Waals surface area contributed by atoms with E-state index in [1.807, 2.05) is 19.2 Å². The SMILES string of the molecule is COc1cccc2c1CC[C@H](N1CCCC1)[C@H]2N(C)C(=O)Cc1ccc(F)c(F)c1. The summed E-state index contributed by atoms with van der Waals surface area (Å²) in [6.45, 7) is 2.09. The van der Waals surface area contributed by atoms with Crippen LogP contribution in [0, 0.1) is 11.6 Å². The number of rotatable bonds is 5. The van der Waals surface area contributed by atoms with Crippen molar-refractivity contribution < 1.29 is 18.3 Å². The van der Waals surface area contributed by atoms with Gasteiger partial charge in [-0.15, -0.1) is 0 Å². The molecule has 2 aliphatic rings. The number of hydrogen-bond acceptors (Lipinski definition) is 3. The monoisotopic (exact) mass is 414 g/mol. The molecule has 1 saturated heterocycles. The highest BCUT2D eigenvalue weighted by Gasteiger charge is 2.39. The molecule has 1 heterocycles. The Hall–Kier alpha value is -2.47. The Morgan fingerprint density at radius 3 is 2.63 bits per heavy atom. The molecule has 4 rings (SSSR count). The second-order valence-electron chi connectivity index (χ2n) is 8.25. The average Bonchev–Trinajstić information content (AvgIpc) is 3.29. The molecule has 1 aliphatic heterocycles. The zero-order valence-corrected chi connectivity index (χ0v) is 17.5. The maximum absolute atomic E-state index is 13.6. The number of carbonyl (C=O) groups excluding carboxylic acids is 1. The van der Waals surface area contributed by atoms with E-state index in [9.17, 15) is 13.6 Å². The van der Waals surface area contributed by atoms with Crippen LogP contribution in [0.15, 0.2) is 36.4 Å². The largest absolute Gasteiger partial charge is 0.496 e. The maximum Gasteiger partial charge on any atom is 0.227 e. The third-order valence-electron chi connectivity index (χ3n) is 6.52. The molecule has 2 aromatic rings. The summed E-state index contributed by atoms with van der Waals surface area (Å²) in [4.78, 5) is 17.5. The fourth-order valence-corrected chi connectivity index (χ4v) is 5.00. The van der Waals surface area contributed by atoms with Crippen molar-refractivity contribution in [1.82, 2.24) is 9.80 Å². The van der Waals surface area contributed by atoms with Crippen LogP contribution in [0.25, 0.3) is 0 Å². The van der Waals surface area contributed by atoms with Crippen molar-refractivity contribution in [3.05, 3.63) is 64.7 Å². The van der Waals surface area contributed by atoms with E-state index in [-0.39, 0.29) is 24.4 Å². The Labute approximate surface area is 176 Å². The van der Waals surface area contributed by atoms with Crippen LogP contribution < -0.4 is 4.74 Å². The Bertz CT molecular complexity index is 927. The van der Waals surface area contributed by atoms with E-state index in [0.29, 0.717) is 5.56 Å². The standard InChI is InChI=1S/C24H28F2N2O2/c1-27(23(29)15-16-8-10-19(25)20(26)14-16)24-18-6-5-7-22(30-2)17(18)9-11-21(24)28-12-3-4-13-28/h5-8,10,14,21,24H,3-4,9,11-13,15H2,1-2H3/t21-,24-/m0/s1. The molecule has 0 spiro atoms. The van der Waals surface area contributed by atoms with Gasteiger partial charge in [0.15, 0.2) is 11.6 Å². The number of amides is 1. The number of carbonyl (C=O) groups is 1. The molecule has 1 fully saturated rings. The topological polar surface area (TPSA) is 32.8 Å². The van der Waals surface area contributed by atoms with Crippen LogP contribution in [0.5, 0.6) is 5.75 Å². The minimum atomic E-state index is -0.925. The number of likely N-dealkylation sites (N-methyl/N-ethyl adjacent to an activating group) is 1. The predicted molar refractivity (Wildman–Crippen MR) is 111 cm³/mol. The fourth-order valence-electron chi connectivity index (χ4n) is 5.00. The van der Waals surface area contributed by atoms with Gasteiger partial charge in [-0.2, -0.15) is 0 Å². The Balaban J connectivity index is 1.65. The summed E-state index contributed by atoms with van der Waals surface area (Å²) in [7, 11) is 3.50. The molecule has 0 aromatic heterocycles. The zero-order chi connectivity index (χ0) is 21.3. The number of halogens is 2. The van der Waals surface area contributed by atoms with Crippen LogP contribution in [0.1, 0.15) is 42.0 Å². The second-order valence-corrected chi connectivity index (χ2v) is 8.25.